The number of anilines is 1. The Bertz CT molecular complexity index is 1890. The molecule has 1 aromatic carbocycles. The number of carbonyl (C=O) groups excluding carboxylic acids is 3. The fraction of sp³-hybridized carbons (Fsp3) is 0.375. The lowest BCUT2D eigenvalue weighted by Crippen LogP contribution is -2.51. The van der Waals surface area contributed by atoms with Crippen LogP contribution in [0.5, 0.6) is 0 Å². The Morgan fingerprint density at radius 3 is 2.54 bits per heavy atom. The standard InChI is InChI=1S/C32H34ClF3N10O4/c1-45(18-6-8-46(9-7-18)31(50)23-11-19(47)14-39-23)30(49)20-4-2-16(10-21(20)33)12-41-29(48)28-40-15-24(42-28)25-26(22-5-3-17(37)13-38-22)43-44-27(25)32(34,35)36/h2-5,10,13,15,18-19,23,39,47H,6-9,11-12,14,37H2,1H3,(H,40,42)(H,41,48)(H,43,44)/t19-,23+/m1/s1. The van der Waals surface area contributed by atoms with Gasteiger partial charge in [-0.2, -0.15) is 18.3 Å². The smallest absolute Gasteiger partial charge is 0.397 e. The third-order valence-corrected chi connectivity index (χ3v) is 9.22. The van der Waals surface area contributed by atoms with E-state index in [1.807, 2.05) is 0 Å². The van der Waals surface area contributed by atoms with Gasteiger partial charge in [0, 0.05) is 39.3 Å². The highest BCUT2D eigenvalue weighted by atomic mass is 35.5. The van der Waals surface area contributed by atoms with Crippen LogP contribution in [0.2, 0.25) is 5.02 Å². The average Bonchev–Trinajstić information content (AvgIpc) is 3.87. The number of pyridine rings is 1. The highest BCUT2D eigenvalue weighted by Crippen LogP contribution is 2.40. The Balaban J connectivity index is 1.07. The van der Waals surface area contributed by atoms with Crippen LogP contribution in [0, 0.1) is 0 Å². The molecule has 0 spiro atoms. The zero-order valence-corrected chi connectivity index (χ0v) is 27.5. The number of aliphatic hydroxyl groups is 1. The zero-order chi connectivity index (χ0) is 35.7. The molecular weight excluding hydrogens is 681 g/mol. The molecule has 3 aromatic heterocycles. The molecule has 50 heavy (non-hydrogen) atoms. The fourth-order valence-electron chi connectivity index (χ4n) is 6.17. The number of piperidine rings is 1. The second kappa shape index (κ2) is 14.1. The third kappa shape index (κ3) is 7.29. The molecule has 4 aromatic rings. The molecule has 18 heteroatoms. The van der Waals surface area contributed by atoms with Crippen LogP contribution < -0.4 is 16.4 Å². The van der Waals surface area contributed by atoms with Crippen molar-refractivity contribution in [2.75, 3.05) is 32.4 Å². The minimum absolute atomic E-state index is 0.0155. The van der Waals surface area contributed by atoms with E-state index in [4.69, 9.17) is 17.3 Å². The molecule has 0 unspecified atom stereocenters. The lowest BCUT2D eigenvalue weighted by molar-refractivity contribution is -0.140. The van der Waals surface area contributed by atoms with Crippen molar-refractivity contribution in [3.8, 4) is 22.6 Å². The van der Waals surface area contributed by atoms with Gasteiger partial charge in [0.2, 0.25) is 5.91 Å². The van der Waals surface area contributed by atoms with E-state index >= 15 is 0 Å². The van der Waals surface area contributed by atoms with Gasteiger partial charge in [-0.3, -0.25) is 24.5 Å². The molecule has 264 valence electrons. The van der Waals surface area contributed by atoms with Crippen LogP contribution in [-0.2, 0) is 17.5 Å². The summed E-state index contributed by atoms with van der Waals surface area (Å²) in [5.41, 5.74) is 5.26. The van der Waals surface area contributed by atoms with Crippen molar-refractivity contribution in [3.63, 3.8) is 0 Å². The number of amides is 3. The summed E-state index contributed by atoms with van der Waals surface area (Å²) in [4.78, 5) is 53.2. The van der Waals surface area contributed by atoms with Crippen LogP contribution in [0.1, 0.15) is 51.5 Å². The Morgan fingerprint density at radius 1 is 1.14 bits per heavy atom. The number of likely N-dealkylation sites (tertiary alicyclic amines) is 1. The molecule has 3 amide bonds. The van der Waals surface area contributed by atoms with Crippen molar-refractivity contribution >= 4 is 35.0 Å². The predicted octanol–water partition coefficient (Wildman–Crippen LogP) is 2.83. The summed E-state index contributed by atoms with van der Waals surface area (Å²) < 4.78 is 41.6. The number of nitrogens with zero attached hydrogens (tertiary/aromatic N) is 5. The lowest BCUT2D eigenvalue weighted by atomic mass is 10.0. The first-order valence-electron chi connectivity index (χ1n) is 15.8. The zero-order valence-electron chi connectivity index (χ0n) is 26.7. The summed E-state index contributed by atoms with van der Waals surface area (Å²) in [5.74, 6) is -1.26. The van der Waals surface area contributed by atoms with Crippen LogP contribution in [0.3, 0.4) is 0 Å². The van der Waals surface area contributed by atoms with E-state index in [0.717, 1.165) is 6.20 Å². The lowest BCUT2D eigenvalue weighted by Gasteiger charge is -2.37. The van der Waals surface area contributed by atoms with Gasteiger partial charge in [0.15, 0.2) is 11.5 Å². The third-order valence-electron chi connectivity index (χ3n) is 8.90. The van der Waals surface area contributed by atoms with Crippen molar-refractivity contribution in [3.05, 3.63) is 70.4 Å². The number of hydrogen-bond donors (Lipinski definition) is 6. The number of aromatic nitrogens is 5. The van der Waals surface area contributed by atoms with Crippen LogP contribution in [0.25, 0.3) is 22.6 Å². The summed E-state index contributed by atoms with van der Waals surface area (Å²) in [6, 6.07) is 7.18. The molecular formula is C32H34ClF3N10O4. The molecule has 6 rings (SSSR count). The van der Waals surface area contributed by atoms with Crippen molar-refractivity contribution in [1.82, 2.24) is 45.6 Å². The van der Waals surface area contributed by atoms with E-state index in [2.05, 4.69) is 35.8 Å². The van der Waals surface area contributed by atoms with Crippen molar-refractivity contribution in [1.29, 1.82) is 0 Å². The number of H-pyrrole nitrogens is 2. The number of nitrogens with two attached hydrogens (primary N) is 1. The number of imidazole rings is 1. The average molecular weight is 715 g/mol. The first kappa shape index (κ1) is 34.8. The van der Waals surface area contributed by atoms with Crippen molar-refractivity contribution in [2.45, 2.75) is 50.2 Å². The summed E-state index contributed by atoms with van der Waals surface area (Å²) in [7, 11) is 1.69. The second-order valence-electron chi connectivity index (χ2n) is 12.3. The minimum atomic E-state index is -4.82. The molecule has 5 heterocycles. The van der Waals surface area contributed by atoms with E-state index in [-0.39, 0.29) is 69.5 Å². The minimum Gasteiger partial charge on any atom is -0.397 e. The molecule has 0 bridgehead atoms. The summed E-state index contributed by atoms with van der Waals surface area (Å²) in [6.45, 7) is 1.36. The van der Waals surface area contributed by atoms with E-state index in [1.165, 1.54) is 18.3 Å². The number of β-amino-alcohol motifs (C(OH)–C–C–N with tert-alkyl or cyclic N) is 1. The predicted molar refractivity (Wildman–Crippen MR) is 176 cm³/mol. The number of rotatable bonds is 8. The molecule has 2 aliphatic rings. The highest BCUT2D eigenvalue weighted by molar-refractivity contribution is 6.33. The molecule has 0 saturated carbocycles. The maximum atomic E-state index is 13.9. The fourth-order valence-corrected chi connectivity index (χ4v) is 6.46. The number of nitrogens with one attached hydrogen (secondary N) is 4. The number of hydrogen-bond acceptors (Lipinski definition) is 9. The van der Waals surface area contributed by atoms with Gasteiger partial charge >= 0.3 is 6.18 Å². The van der Waals surface area contributed by atoms with Crippen LogP contribution >= 0.6 is 11.6 Å². The number of nitrogen functional groups attached to an aromatic ring is 1. The van der Waals surface area contributed by atoms with Crippen LogP contribution in [0.4, 0.5) is 18.9 Å². The molecule has 7 N–H and O–H groups in total. The van der Waals surface area contributed by atoms with E-state index in [0.29, 0.717) is 50.1 Å². The van der Waals surface area contributed by atoms with E-state index < -0.39 is 23.9 Å². The van der Waals surface area contributed by atoms with Gasteiger partial charge in [0.25, 0.3) is 11.8 Å². The van der Waals surface area contributed by atoms with Gasteiger partial charge in [0.1, 0.15) is 0 Å². The van der Waals surface area contributed by atoms with Gasteiger partial charge in [-0.25, -0.2) is 4.98 Å². The summed E-state index contributed by atoms with van der Waals surface area (Å²) in [5, 5.41) is 21.4. The number of carbonyl (C=O) groups is 3. The molecule has 0 aliphatic carbocycles. The van der Waals surface area contributed by atoms with Crippen LogP contribution in [0.15, 0.2) is 42.7 Å². The topological polar surface area (TPSA) is 198 Å². The van der Waals surface area contributed by atoms with E-state index in [1.54, 1.807) is 35.0 Å². The number of aliphatic hydroxyl groups excluding tert-OH is 1. The SMILES string of the molecule is CN(C(=O)c1ccc(CNC(=O)c2ncc(-c3c(C(F)(F)F)n[nH]c3-c3ccc(N)cn3)[nH]2)cc1Cl)C1CCN(C(=O)[C@@H]2C[C@@H](O)CN2)CC1. The first-order chi connectivity index (χ1) is 23.8. The Labute approximate surface area is 288 Å². The largest absolute Gasteiger partial charge is 0.435 e. The van der Waals surface area contributed by atoms with Gasteiger partial charge < -0.3 is 36.3 Å². The monoisotopic (exact) mass is 714 g/mol. The molecule has 14 nitrogen and oxygen atoms in total. The highest BCUT2D eigenvalue weighted by Gasteiger charge is 2.40. The molecule has 0 radical (unpaired) electrons. The number of benzene rings is 1. The normalized spacial score (nSPS) is 18.3. The summed E-state index contributed by atoms with van der Waals surface area (Å²) in [6.07, 6.45) is -1.37. The Morgan fingerprint density at radius 2 is 1.90 bits per heavy atom. The maximum Gasteiger partial charge on any atom is 0.435 e. The van der Waals surface area contributed by atoms with Gasteiger partial charge in [-0.05, 0) is 49.1 Å². The Hall–Kier alpha value is -5.00. The number of aromatic amines is 2. The summed E-state index contributed by atoms with van der Waals surface area (Å²) >= 11 is 6.50. The number of alkyl halides is 3. The van der Waals surface area contributed by atoms with Gasteiger partial charge in [0.05, 0.1) is 63.5 Å². The van der Waals surface area contributed by atoms with Crippen LogP contribution in [-0.4, -0.2) is 103 Å². The van der Waals surface area contributed by atoms with Gasteiger partial charge in [-0.15, -0.1) is 0 Å². The molecule has 2 saturated heterocycles. The van der Waals surface area contributed by atoms with Crippen molar-refractivity contribution < 1.29 is 32.7 Å². The second-order valence-corrected chi connectivity index (χ2v) is 12.7. The molecule has 2 aliphatic heterocycles. The molecule has 2 atom stereocenters. The quantitative estimate of drug-likeness (QED) is 0.159. The molecule has 2 fully saturated rings. The van der Waals surface area contributed by atoms with Crippen molar-refractivity contribution in [2.24, 2.45) is 0 Å². The maximum absolute atomic E-state index is 13.9. The van der Waals surface area contributed by atoms with E-state index in [9.17, 15) is 32.7 Å². The van der Waals surface area contributed by atoms with Gasteiger partial charge in [-0.1, -0.05) is 17.7 Å². The first-order valence-corrected chi connectivity index (χ1v) is 16.1. The Kier molecular flexibility index (Phi) is 9.82. The number of halogens is 4.